The van der Waals surface area contributed by atoms with Gasteiger partial charge in [0.25, 0.3) is 0 Å². The van der Waals surface area contributed by atoms with Gasteiger partial charge >= 0.3 is 0 Å². The predicted octanol–water partition coefficient (Wildman–Crippen LogP) is -0.504. The number of hydrogen-bond donors (Lipinski definition) is 3. The highest BCUT2D eigenvalue weighted by atomic mass is 16.4. The lowest BCUT2D eigenvalue weighted by atomic mass is 10.0. The molecular formula is C9H17N3O3. The molecule has 86 valence electrons. The molecule has 1 unspecified atom stereocenters. The van der Waals surface area contributed by atoms with Gasteiger partial charge in [0.2, 0.25) is 5.91 Å². The van der Waals surface area contributed by atoms with Gasteiger partial charge in [-0.1, -0.05) is 5.16 Å². The number of carbonyl (C=O) groups excluding carboxylic acids is 1. The molecule has 1 saturated heterocycles. The van der Waals surface area contributed by atoms with E-state index in [9.17, 15) is 4.79 Å². The van der Waals surface area contributed by atoms with Crippen molar-refractivity contribution in [1.82, 2.24) is 4.90 Å². The number of oxime groups is 1. The molecule has 0 aliphatic carbocycles. The summed E-state index contributed by atoms with van der Waals surface area (Å²) in [6.45, 7) is 0.616. The zero-order valence-corrected chi connectivity index (χ0v) is 8.59. The second-order valence-corrected chi connectivity index (χ2v) is 3.69. The van der Waals surface area contributed by atoms with Crippen LogP contribution in [0.1, 0.15) is 25.7 Å². The monoisotopic (exact) mass is 215 g/mol. The first-order valence-corrected chi connectivity index (χ1v) is 5.05. The molecule has 4 N–H and O–H groups in total. The molecule has 1 amide bonds. The summed E-state index contributed by atoms with van der Waals surface area (Å²) in [4.78, 5) is 13.3. The molecular weight excluding hydrogens is 198 g/mol. The van der Waals surface area contributed by atoms with Gasteiger partial charge in [0.1, 0.15) is 5.84 Å². The van der Waals surface area contributed by atoms with Crippen LogP contribution in [0.5, 0.6) is 0 Å². The molecule has 0 aromatic rings. The van der Waals surface area contributed by atoms with Gasteiger partial charge in [0, 0.05) is 6.54 Å². The third kappa shape index (κ3) is 3.09. The van der Waals surface area contributed by atoms with Crippen LogP contribution in [0.2, 0.25) is 0 Å². The molecule has 0 radical (unpaired) electrons. The third-order valence-electron chi connectivity index (χ3n) is 2.62. The summed E-state index contributed by atoms with van der Waals surface area (Å²) in [6, 6.07) is -0.113. The number of hydrogen-bond acceptors (Lipinski definition) is 4. The van der Waals surface area contributed by atoms with Gasteiger partial charge in [-0.3, -0.25) is 4.79 Å². The molecule has 1 aliphatic rings. The molecule has 15 heavy (non-hydrogen) atoms. The molecule has 0 aromatic heterocycles. The van der Waals surface area contributed by atoms with Crippen molar-refractivity contribution >= 4 is 11.7 Å². The topological polar surface area (TPSA) is 99.2 Å². The number of aliphatic hydroxyl groups is 1. The number of amides is 1. The number of piperidine rings is 1. The van der Waals surface area contributed by atoms with Crippen LogP contribution in [0, 0.1) is 0 Å². The first-order chi connectivity index (χ1) is 7.19. The van der Waals surface area contributed by atoms with E-state index in [0.717, 1.165) is 19.3 Å². The number of nitrogens with two attached hydrogens (primary N) is 1. The average Bonchev–Trinajstić information content (AvgIpc) is 2.28. The summed E-state index contributed by atoms with van der Waals surface area (Å²) < 4.78 is 0. The van der Waals surface area contributed by atoms with E-state index in [1.165, 1.54) is 0 Å². The fourth-order valence-corrected chi connectivity index (χ4v) is 1.81. The zero-order chi connectivity index (χ0) is 11.3. The summed E-state index contributed by atoms with van der Waals surface area (Å²) in [5.74, 6) is -0.286. The lowest BCUT2D eigenvalue weighted by molar-refractivity contribution is -0.134. The van der Waals surface area contributed by atoms with Crippen molar-refractivity contribution in [3.63, 3.8) is 0 Å². The van der Waals surface area contributed by atoms with Crippen molar-refractivity contribution in [3.8, 4) is 0 Å². The second-order valence-electron chi connectivity index (χ2n) is 3.69. The Morgan fingerprint density at radius 1 is 1.53 bits per heavy atom. The minimum Gasteiger partial charge on any atom is -0.409 e. The van der Waals surface area contributed by atoms with Crippen LogP contribution >= 0.6 is 0 Å². The van der Waals surface area contributed by atoms with Gasteiger partial charge in [-0.25, -0.2) is 0 Å². The number of nitrogens with zero attached hydrogens (tertiary/aromatic N) is 2. The minimum atomic E-state index is -0.191. The quantitative estimate of drug-likeness (QED) is 0.256. The molecule has 1 fully saturated rings. The second kappa shape index (κ2) is 5.55. The first-order valence-electron chi connectivity index (χ1n) is 5.05. The first kappa shape index (κ1) is 11.8. The highest BCUT2D eigenvalue weighted by Gasteiger charge is 2.26. The molecule has 0 aromatic carbocycles. The van der Waals surface area contributed by atoms with Crippen molar-refractivity contribution in [2.75, 3.05) is 13.2 Å². The third-order valence-corrected chi connectivity index (χ3v) is 2.62. The molecule has 1 rings (SSSR count). The molecule has 1 aliphatic heterocycles. The number of amidine groups is 1. The number of likely N-dealkylation sites (tertiary alicyclic amines) is 1. The summed E-state index contributed by atoms with van der Waals surface area (Å²) >= 11 is 0. The Balaban J connectivity index is 2.56. The minimum absolute atomic E-state index is 0.0259. The average molecular weight is 215 g/mol. The van der Waals surface area contributed by atoms with Crippen LogP contribution in [-0.2, 0) is 4.79 Å². The SMILES string of the molecule is N/C(CC(=O)N1CCCCC1CO)=N\O. The predicted molar refractivity (Wildman–Crippen MR) is 54.5 cm³/mol. The van der Waals surface area contributed by atoms with Crippen LogP contribution < -0.4 is 5.73 Å². The zero-order valence-electron chi connectivity index (χ0n) is 8.59. The Bertz CT molecular complexity index is 255. The van der Waals surface area contributed by atoms with E-state index in [4.69, 9.17) is 16.0 Å². The number of carbonyl (C=O) groups is 1. The maximum atomic E-state index is 11.7. The molecule has 0 bridgehead atoms. The maximum absolute atomic E-state index is 11.7. The van der Waals surface area contributed by atoms with Gasteiger partial charge in [-0.05, 0) is 19.3 Å². The molecule has 6 heteroatoms. The fraction of sp³-hybridized carbons (Fsp3) is 0.778. The number of aliphatic hydroxyl groups excluding tert-OH is 1. The highest BCUT2D eigenvalue weighted by molar-refractivity contribution is 5.98. The number of rotatable bonds is 3. The van der Waals surface area contributed by atoms with Crippen molar-refractivity contribution in [3.05, 3.63) is 0 Å². The smallest absolute Gasteiger partial charge is 0.230 e. The molecule has 0 spiro atoms. The van der Waals surface area contributed by atoms with Crippen molar-refractivity contribution < 1.29 is 15.1 Å². The van der Waals surface area contributed by atoms with E-state index in [2.05, 4.69) is 5.16 Å². The van der Waals surface area contributed by atoms with Crippen LogP contribution in [-0.4, -0.2) is 46.1 Å². The van der Waals surface area contributed by atoms with Crippen molar-refractivity contribution in [2.24, 2.45) is 10.9 Å². The van der Waals surface area contributed by atoms with Crippen LogP contribution in [0.15, 0.2) is 5.16 Å². The summed E-state index contributed by atoms with van der Waals surface area (Å²) in [5, 5.41) is 20.2. The van der Waals surface area contributed by atoms with E-state index < -0.39 is 0 Å². The maximum Gasteiger partial charge on any atom is 0.230 e. The summed E-state index contributed by atoms with van der Waals surface area (Å²) in [6.07, 6.45) is 2.70. The van der Waals surface area contributed by atoms with E-state index in [1.807, 2.05) is 0 Å². The van der Waals surface area contributed by atoms with Crippen molar-refractivity contribution in [1.29, 1.82) is 0 Å². The van der Waals surface area contributed by atoms with Crippen LogP contribution in [0.4, 0.5) is 0 Å². The van der Waals surface area contributed by atoms with Gasteiger partial charge in [0.05, 0.1) is 19.1 Å². The normalized spacial score (nSPS) is 22.9. The summed E-state index contributed by atoms with van der Waals surface area (Å²) in [7, 11) is 0. The molecule has 1 atom stereocenters. The lowest BCUT2D eigenvalue weighted by Crippen LogP contribution is -2.46. The van der Waals surface area contributed by atoms with Crippen molar-refractivity contribution in [2.45, 2.75) is 31.7 Å². The summed E-state index contributed by atoms with van der Waals surface area (Å²) in [5.41, 5.74) is 5.26. The Labute approximate surface area is 88.4 Å². The van der Waals surface area contributed by atoms with Gasteiger partial charge in [-0.2, -0.15) is 0 Å². The Morgan fingerprint density at radius 3 is 2.87 bits per heavy atom. The Kier molecular flexibility index (Phi) is 4.36. The van der Waals surface area contributed by atoms with E-state index in [0.29, 0.717) is 6.54 Å². The van der Waals surface area contributed by atoms with Crippen LogP contribution in [0.3, 0.4) is 0 Å². The van der Waals surface area contributed by atoms with Gasteiger partial charge in [0.15, 0.2) is 0 Å². The highest BCUT2D eigenvalue weighted by Crippen LogP contribution is 2.17. The molecule has 6 nitrogen and oxygen atoms in total. The molecule has 1 heterocycles. The van der Waals surface area contributed by atoms with E-state index >= 15 is 0 Å². The fourth-order valence-electron chi connectivity index (χ4n) is 1.81. The van der Waals surface area contributed by atoms with E-state index in [-0.39, 0.29) is 30.8 Å². The van der Waals surface area contributed by atoms with E-state index in [1.54, 1.807) is 4.90 Å². The largest absolute Gasteiger partial charge is 0.409 e. The standard InChI is InChI=1S/C9H17N3O3/c10-8(11-15)5-9(14)12-4-2-1-3-7(12)6-13/h7,13,15H,1-6H2,(H2,10,11). The van der Waals surface area contributed by atoms with Gasteiger partial charge < -0.3 is 20.9 Å². The Morgan fingerprint density at radius 2 is 2.27 bits per heavy atom. The lowest BCUT2D eigenvalue weighted by Gasteiger charge is -2.34. The van der Waals surface area contributed by atoms with Crippen LogP contribution in [0.25, 0.3) is 0 Å². The van der Waals surface area contributed by atoms with Gasteiger partial charge in [-0.15, -0.1) is 0 Å². The Hall–Kier alpha value is -1.30. The molecule has 0 saturated carbocycles.